The lowest BCUT2D eigenvalue weighted by atomic mass is 10.1. The Kier molecular flexibility index (Phi) is 7.41. The van der Waals surface area contributed by atoms with Gasteiger partial charge in [-0.1, -0.05) is 15.9 Å². The number of allylic oxidation sites excluding steroid dienone is 1. The third-order valence-corrected chi connectivity index (χ3v) is 4.04. The lowest BCUT2D eigenvalue weighted by Gasteiger charge is -2.06. The van der Waals surface area contributed by atoms with Crippen molar-refractivity contribution in [1.29, 1.82) is 0 Å². The molecule has 2 aromatic rings. The van der Waals surface area contributed by atoms with Crippen LogP contribution < -0.4 is 9.47 Å². The Labute approximate surface area is 160 Å². The first-order valence-electron chi connectivity index (χ1n) is 8.00. The van der Waals surface area contributed by atoms with Crippen LogP contribution in [0.4, 0.5) is 0 Å². The van der Waals surface area contributed by atoms with Crippen LogP contribution in [0.1, 0.15) is 28.8 Å². The molecule has 0 aliphatic rings. The third-order valence-electron chi connectivity index (χ3n) is 3.55. The van der Waals surface area contributed by atoms with Crippen molar-refractivity contribution in [2.45, 2.75) is 12.8 Å². The Balaban J connectivity index is 1.97. The predicted octanol–water partition coefficient (Wildman–Crippen LogP) is 4.60. The lowest BCUT2D eigenvalue weighted by Crippen LogP contribution is -2.02. The van der Waals surface area contributed by atoms with Gasteiger partial charge in [0.05, 0.1) is 13.7 Å². The molecule has 136 valence electrons. The van der Waals surface area contributed by atoms with Gasteiger partial charge >= 0.3 is 5.97 Å². The van der Waals surface area contributed by atoms with Crippen molar-refractivity contribution in [3.8, 4) is 11.5 Å². The molecule has 0 bridgehead atoms. The van der Waals surface area contributed by atoms with Crippen LogP contribution in [0, 0.1) is 0 Å². The fourth-order valence-corrected chi connectivity index (χ4v) is 2.60. The largest absolute Gasteiger partial charge is 0.496 e. The van der Waals surface area contributed by atoms with E-state index in [1.807, 2.05) is 18.2 Å². The van der Waals surface area contributed by atoms with Crippen LogP contribution in [0.3, 0.4) is 0 Å². The normalized spacial score (nSPS) is 10.7. The molecule has 0 aromatic heterocycles. The average Bonchev–Trinajstić information content (AvgIpc) is 2.63. The van der Waals surface area contributed by atoms with Gasteiger partial charge in [-0.05, 0) is 61.0 Å². The van der Waals surface area contributed by atoms with Crippen LogP contribution >= 0.6 is 15.9 Å². The number of carbonyl (C=O) groups excluding carboxylic acids is 1. The summed E-state index contributed by atoms with van der Waals surface area (Å²) in [4.78, 5) is 22.7. The SMILES string of the molecule is COc1ccc(Br)cc1/C=C/C(=O)c1ccc(OCCCC(=O)O)cc1. The summed E-state index contributed by atoms with van der Waals surface area (Å²) in [6.07, 6.45) is 3.71. The summed E-state index contributed by atoms with van der Waals surface area (Å²) >= 11 is 3.40. The van der Waals surface area contributed by atoms with E-state index in [0.29, 0.717) is 30.1 Å². The molecule has 0 amide bonds. The maximum Gasteiger partial charge on any atom is 0.303 e. The van der Waals surface area contributed by atoms with E-state index >= 15 is 0 Å². The number of rotatable bonds is 9. The number of carboxylic acid groups (broad SMARTS) is 1. The highest BCUT2D eigenvalue weighted by Crippen LogP contribution is 2.24. The molecule has 2 rings (SSSR count). The summed E-state index contributed by atoms with van der Waals surface area (Å²) in [5.41, 5.74) is 1.33. The van der Waals surface area contributed by atoms with E-state index in [2.05, 4.69) is 15.9 Å². The first-order chi connectivity index (χ1) is 12.5. The number of ether oxygens (including phenoxy) is 2. The zero-order valence-corrected chi connectivity index (χ0v) is 15.9. The summed E-state index contributed by atoms with van der Waals surface area (Å²) in [5.74, 6) is 0.305. The smallest absolute Gasteiger partial charge is 0.303 e. The van der Waals surface area contributed by atoms with Gasteiger partial charge in [0, 0.05) is 22.0 Å². The number of carboxylic acids is 1. The maximum atomic E-state index is 12.3. The minimum absolute atomic E-state index is 0.0699. The molecule has 2 aromatic carbocycles. The Morgan fingerprint density at radius 1 is 1.15 bits per heavy atom. The van der Waals surface area contributed by atoms with Crippen LogP contribution in [-0.2, 0) is 4.79 Å². The molecule has 0 heterocycles. The molecule has 0 saturated heterocycles. The Bertz CT molecular complexity index is 796. The van der Waals surface area contributed by atoms with E-state index in [4.69, 9.17) is 14.6 Å². The van der Waals surface area contributed by atoms with Gasteiger partial charge < -0.3 is 14.6 Å². The highest BCUT2D eigenvalue weighted by atomic mass is 79.9. The summed E-state index contributed by atoms with van der Waals surface area (Å²) in [6.45, 7) is 0.322. The molecule has 0 saturated carbocycles. The summed E-state index contributed by atoms with van der Waals surface area (Å²) in [6, 6.07) is 12.3. The second kappa shape index (κ2) is 9.77. The standard InChI is InChI=1S/C20H19BrO5/c1-25-19-11-7-16(21)13-15(19)6-10-18(22)14-4-8-17(9-5-14)26-12-2-3-20(23)24/h4-11,13H,2-3,12H2,1H3,(H,23,24)/b10-6+. The van der Waals surface area contributed by atoms with Crippen LogP contribution in [0.2, 0.25) is 0 Å². The highest BCUT2D eigenvalue weighted by Gasteiger charge is 2.05. The van der Waals surface area contributed by atoms with Gasteiger partial charge in [-0.15, -0.1) is 0 Å². The van der Waals surface area contributed by atoms with Crippen molar-refractivity contribution in [2.75, 3.05) is 13.7 Å². The van der Waals surface area contributed by atoms with Crippen molar-refractivity contribution in [1.82, 2.24) is 0 Å². The molecule has 6 heteroatoms. The number of methoxy groups -OCH3 is 1. The van der Waals surface area contributed by atoms with Crippen LogP contribution in [0.5, 0.6) is 11.5 Å². The van der Waals surface area contributed by atoms with Crippen LogP contribution in [-0.4, -0.2) is 30.6 Å². The molecule has 0 radical (unpaired) electrons. The fraction of sp³-hybridized carbons (Fsp3) is 0.200. The Morgan fingerprint density at radius 3 is 2.54 bits per heavy atom. The molecular weight excluding hydrogens is 400 g/mol. The van der Waals surface area contributed by atoms with Crippen molar-refractivity contribution in [2.24, 2.45) is 0 Å². The summed E-state index contributed by atoms with van der Waals surface area (Å²) in [7, 11) is 1.58. The van der Waals surface area contributed by atoms with Gasteiger partial charge in [-0.2, -0.15) is 0 Å². The summed E-state index contributed by atoms with van der Waals surface area (Å²) < 4.78 is 11.6. The number of hydrogen-bond donors (Lipinski definition) is 1. The van der Waals surface area contributed by atoms with E-state index in [9.17, 15) is 9.59 Å². The molecule has 0 fully saturated rings. The summed E-state index contributed by atoms with van der Waals surface area (Å²) in [5, 5.41) is 8.58. The molecule has 0 aliphatic heterocycles. The van der Waals surface area contributed by atoms with E-state index in [0.717, 1.165) is 10.0 Å². The molecule has 0 unspecified atom stereocenters. The Hall–Kier alpha value is -2.60. The zero-order valence-electron chi connectivity index (χ0n) is 14.3. The monoisotopic (exact) mass is 418 g/mol. The highest BCUT2D eigenvalue weighted by molar-refractivity contribution is 9.10. The zero-order chi connectivity index (χ0) is 18.9. The van der Waals surface area contributed by atoms with E-state index in [1.165, 1.54) is 6.08 Å². The topological polar surface area (TPSA) is 72.8 Å². The van der Waals surface area contributed by atoms with Gasteiger partial charge in [-0.25, -0.2) is 0 Å². The van der Waals surface area contributed by atoms with Gasteiger partial charge in [0.15, 0.2) is 5.78 Å². The van der Waals surface area contributed by atoms with Gasteiger partial charge in [0.1, 0.15) is 11.5 Å². The second-order valence-electron chi connectivity index (χ2n) is 5.45. The number of halogens is 1. The molecule has 0 aliphatic carbocycles. The first-order valence-corrected chi connectivity index (χ1v) is 8.79. The molecule has 26 heavy (non-hydrogen) atoms. The van der Waals surface area contributed by atoms with Crippen molar-refractivity contribution < 1.29 is 24.2 Å². The Morgan fingerprint density at radius 2 is 1.88 bits per heavy atom. The maximum absolute atomic E-state index is 12.3. The van der Waals surface area contributed by atoms with Gasteiger partial charge in [-0.3, -0.25) is 9.59 Å². The number of carbonyl (C=O) groups is 2. The molecular formula is C20H19BrO5. The minimum atomic E-state index is -0.844. The number of aliphatic carboxylic acids is 1. The van der Waals surface area contributed by atoms with E-state index < -0.39 is 5.97 Å². The van der Waals surface area contributed by atoms with Crippen molar-refractivity contribution in [3.05, 3.63) is 64.1 Å². The molecule has 0 spiro atoms. The van der Waals surface area contributed by atoms with E-state index in [1.54, 1.807) is 37.5 Å². The predicted molar refractivity (Wildman–Crippen MR) is 103 cm³/mol. The molecule has 0 atom stereocenters. The van der Waals surface area contributed by atoms with Crippen LogP contribution in [0.15, 0.2) is 53.0 Å². The molecule has 1 N–H and O–H groups in total. The van der Waals surface area contributed by atoms with E-state index in [-0.39, 0.29) is 12.2 Å². The first kappa shape index (κ1) is 19.7. The lowest BCUT2D eigenvalue weighted by molar-refractivity contribution is -0.137. The number of hydrogen-bond acceptors (Lipinski definition) is 4. The average molecular weight is 419 g/mol. The quantitative estimate of drug-likeness (QED) is 0.366. The van der Waals surface area contributed by atoms with Crippen LogP contribution in [0.25, 0.3) is 6.08 Å². The van der Waals surface area contributed by atoms with Crippen molar-refractivity contribution in [3.63, 3.8) is 0 Å². The van der Waals surface area contributed by atoms with Crippen molar-refractivity contribution >= 4 is 33.8 Å². The number of benzene rings is 2. The third kappa shape index (κ3) is 6.04. The molecule has 5 nitrogen and oxygen atoms in total. The fourth-order valence-electron chi connectivity index (χ4n) is 2.23. The van der Waals surface area contributed by atoms with Gasteiger partial charge in [0.25, 0.3) is 0 Å². The number of ketones is 1. The van der Waals surface area contributed by atoms with Gasteiger partial charge in [0.2, 0.25) is 0 Å². The minimum Gasteiger partial charge on any atom is -0.496 e. The second-order valence-corrected chi connectivity index (χ2v) is 6.37.